The van der Waals surface area contributed by atoms with Gasteiger partial charge in [0.05, 0.1) is 20.3 Å². The van der Waals surface area contributed by atoms with Crippen LogP contribution in [0.15, 0.2) is 60.7 Å². The molecule has 4 rings (SSSR count). The third-order valence-electron chi connectivity index (χ3n) is 7.09. The highest BCUT2D eigenvalue weighted by Gasteiger charge is 2.36. The number of fused-ring (bicyclic) bond motifs is 1. The number of nitrogens with zero attached hydrogens (tertiary/aromatic N) is 2. The maximum atomic E-state index is 13.5. The van der Waals surface area contributed by atoms with E-state index in [1.807, 2.05) is 95.3 Å². The number of hydrogen-bond acceptors (Lipinski definition) is 6. The summed E-state index contributed by atoms with van der Waals surface area (Å²) in [5.41, 5.74) is 2.79. The van der Waals surface area contributed by atoms with Gasteiger partial charge in [0, 0.05) is 25.2 Å². The Hall–Kier alpha value is -4.20. The zero-order valence-corrected chi connectivity index (χ0v) is 25.0. The average Bonchev–Trinajstić information content (AvgIpc) is 2.96. The van der Waals surface area contributed by atoms with Crippen molar-refractivity contribution in [3.8, 4) is 23.0 Å². The second-order valence-corrected chi connectivity index (χ2v) is 10.9. The SMILES string of the molecule is CCN(CC)C(=O)c1ccc(C2c3cc(Oc4ccc(OC)cc4)c(OC)cc3CCN2C(=O)OC(C)(C)C)cc1. The average molecular weight is 561 g/mol. The largest absolute Gasteiger partial charge is 0.497 e. The zero-order chi connectivity index (χ0) is 29.7. The van der Waals surface area contributed by atoms with Crippen molar-refractivity contribution in [1.82, 2.24) is 9.80 Å². The van der Waals surface area contributed by atoms with Crippen molar-refractivity contribution in [1.29, 1.82) is 0 Å². The number of amides is 2. The number of carbonyl (C=O) groups excluding carboxylic acids is 2. The predicted octanol–water partition coefficient (Wildman–Crippen LogP) is 6.86. The van der Waals surface area contributed by atoms with E-state index in [2.05, 4.69) is 0 Å². The quantitative estimate of drug-likeness (QED) is 0.300. The number of carbonyl (C=O) groups is 2. The molecule has 0 spiro atoms. The molecule has 1 heterocycles. The van der Waals surface area contributed by atoms with Crippen LogP contribution in [0.4, 0.5) is 4.79 Å². The van der Waals surface area contributed by atoms with E-state index in [4.69, 9.17) is 18.9 Å². The number of benzene rings is 3. The third kappa shape index (κ3) is 6.76. The van der Waals surface area contributed by atoms with Crippen molar-refractivity contribution >= 4 is 12.0 Å². The highest BCUT2D eigenvalue weighted by Crippen LogP contribution is 2.43. The van der Waals surface area contributed by atoms with E-state index < -0.39 is 17.7 Å². The molecule has 0 fully saturated rings. The van der Waals surface area contributed by atoms with Gasteiger partial charge in [-0.2, -0.15) is 0 Å². The minimum absolute atomic E-state index is 0.0190. The molecule has 0 aliphatic carbocycles. The van der Waals surface area contributed by atoms with Crippen molar-refractivity contribution in [2.24, 2.45) is 0 Å². The highest BCUT2D eigenvalue weighted by molar-refractivity contribution is 5.94. The van der Waals surface area contributed by atoms with E-state index in [1.165, 1.54) is 0 Å². The number of hydrogen-bond donors (Lipinski definition) is 0. The van der Waals surface area contributed by atoms with Gasteiger partial charge in [-0.25, -0.2) is 4.79 Å². The molecule has 1 aliphatic heterocycles. The molecule has 1 unspecified atom stereocenters. The topological polar surface area (TPSA) is 77.5 Å². The first kappa shape index (κ1) is 29.8. The number of methoxy groups -OCH3 is 2. The van der Waals surface area contributed by atoms with Crippen LogP contribution in [0.1, 0.15) is 67.7 Å². The highest BCUT2D eigenvalue weighted by atomic mass is 16.6. The Labute approximate surface area is 242 Å². The van der Waals surface area contributed by atoms with Gasteiger partial charge in [0.1, 0.15) is 17.1 Å². The molecule has 0 radical (unpaired) electrons. The first-order chi connectivity index (χ1) is 19.6. The molecular weight excluding hydrogens is 520 g/mol. The minimum Gasteiger partial charge on any atom is -0.497 e. The van der Waals surface area contributed by atoms with Crippen LogP contribution in [0.5, 0.6) is 23.0 Å². The second-order valence-electron chi connectivity index (χ2n) is 10.9. The molecule has 1 atom stereocenters. The molecule has 218 valence electrons. The lowest BCUT2D eigenvalue weighted by atomic mass is 9.87. The lowest BCUT2D eigenvalue weighted by Crippen LogP contribution is -2.43. The molecule has 0 N–H and O–H groups in total. The molecule has 3 aromatic rings. The maximum absolute atomic E-state index is 13.5. The molecule has 8 nitrogen and oxygen atoms in total. The summed E-state index contributed by atoms with van der Waals surface area (Å²) in [6.45, 7) is 11.2. The number of ether oxygens (including phenoxy) is 4. The maximum Gasteiger partial charge on any atom is 0.411 e. The fourth-order valence-corrected chi connectivity index (χ4v) is 5.01. The Morgan fingerprint density at radius 1 is 0.878 bits per heavy atom. The molecule has 0 aromatic heterocycles. The zero-order valence-electron chi connectivity index (χ0n) is 25.0. The molecule has 1 aliphatic rings. The van der Waals surface area contributed by atoms with E-state index in [0.29, 0.717) is 48.9 Å². The van der Waals surface area contributed by atoms with E-state index in [-0.39, 0.29) is 5.91 Å². The van der Waals surface area contributed by atoms with Gasteiger partial charge in [-0.3, -0.25) is 9.69 Å². The Kier molecular flexibility index (Phi) is 9.11. The number of rotatable bonds is 8. The minimum atomic E-state index is -0.648. The van der Waals surface area contributed by atoms with Gasteiger partial charge in [-0.15, -0.1) is 0 Å². The van der Waals surface area contributed by atoms with Crippen LogP contribution < -0.4 is 14.2 Å². The Balaban J connectivity index is 1.78. The Bertz CT molecular complexity index is 1360. The fraction of sp³-hybridized carbons (Fsp3) is 0.394. The summed E-state index contributed by atoms with van der Waals surface area (Å²) in [7, 11) is 3.23. The smallest absolute Gasteiger partial charge is 0.411 e. The van der Waals surface area contributed by atoms with E-state index in [9.17, 15) is 9.59 Å². The van der Waals surface area contributed by atoms with Gasteiger partial charge in [-0.05, 0) is 106 Å². The third-order valence-corrected chi connectivity index (χ3v) is 7.09. The molecule has 3 aromatic carbocycles. The lowest BCUT2D eigenvalue weighted by Gasteiger charge is -2.38. The van der Waals surface area contributed by atoms with Crippen LogP contribution in [0.25, 0.3) is 0 Å². The summed E-state index contributed by atoms with van der Waals surface area (Å²) in [5, 5.41) is 0. The van der Waals surface area contributed by atoms with Crippen molar-refractivity contribution < 1.29 is 28.5 Å². The van der Waals surface area contributed by atoms with Gasteiger partial charge in [0.15, 0.2) is 11.5 Å². The summed E-state index contributed by atoms with van der Waals surface area (Å²) in [4.78, 5) is 30.0. The first-order valence-electron chi connectivity index (χ1n) is 14.0. The van der Waals surface area contributed by atoms with E-state index in [1.54, 1.807) is 24.0 Å². The van der Waals surface area contributed by atoms with Crippen LogP contribution in [0.2, 0.25) is 0 Å². The van der Waals surface area contributed by atoms with E-state index >= 15 is 0 Å². The molecule has 8 heteroatoms. The van der Waals surface area contributed by atoms with Gasteiger partial charge in [0.2, 0.25) is 0 Å². The Morgan fingerprint density at radius 2 is 1.51 bits per heavy atom. The van der Waals surface area contributed by atoms with Gasteiger partial charge in [-0.1, -0.05) is 12.1 Å². The molecule has 2 amide bonds. The molecule has 0 saturated heterocycles. The summed E-state index contributed by atoms with van der Waals surface area (Å²) >= 11 is 0. The predicted molar refractivity (Wildman–Crippen MR) is 158 cm³/mol. The van der Waals surface area contributed by atoms with E-state index in [0.717, 1.165) is 22.4 Å². The summed E-state index contributed by atoms with van der Waals surface area (Å²) in [6, 6.07) is 18.3. The van der Waals surface area contributed by atoms with Crippen molar-refractivity contribution in [3.05, 3.63) is 82.9 Å². The van der Waals surface area contributed by atoms with Crippen LogP contribution >= 0.6 is 0 Å². The molecular formula is C33H40N2O6. The Morgan fingerprint density at radius 3 is 2.07 bits per heavy atom. The first-order valence-corrected chi connectivity index (χ1v) is 14.0. The summed E-state index contributed by atoms with van der Waals surface area (Å²) in [6.07, 6.45) is 0.230. The van der Waals surface area contributed by atoms with Crippen molar-refractivity contribution in [2.45, 2.75) is 52.7 Å². The van der Waals surface area contributed by atoms with Crippen molar-refractivity contribution in [3.63, 3.8) is 0 Å². The molecule has 41 heavy (non-hydrogen) atoms. The fourth-order valence-electron chi connectivity index (χ4n) is 5.01. The van der Waals surface area contributed by atoms with Crippen LogP contribution in [0, 0.1) is 0 Å². The normalized spacial score (nSPS) is 14.6. The van der Waals surface area contributed by atoms with Crippen LogP contribution in [-0.2, 0) is 11.2 Å². The molecule has 0 bridgehead atoms. The summed E-state index contributed by atoms with van der Waals surface area (Å²) < 4.78 is 23.0. The molecule has 0 saturated carbocycles. The van der Waals surface area contributed by atoms with Crippen molar-refractivity contribution in [2.75, 3.05) is 33.9 Å². The van der Waals surface area contributed by atoms with Gasteiger partial charge >= 0.3 is 6.09 Å². The van der Waals surface area contributed by atoms with Crippen LogP contribution in [-0.4, -0.2) is 61.3 Å². The van der Waals surface area contributed by atoms with Gasteiger partial charge in [0.25, 0.3) is 5.91 Å². The summed E-state index contributed by atoms with van der Waals surface area (Å²) in [5.74, 6) is 2.46. The lowest BCUT2D eigenvalue weighted by molar-refractivity contribution is 0.0177. The van der Waals surface area contributed by atoms with Crippen LogP contribution in [0.3, 0.4) is 0 Å². The second kappa shape index (κ2) is 12.5. The standard InChI is InChI=1S/C33H40N2O6/c1-8-34(9-2)31(36)23-12-10-22(11-13-23)30-27-21-29(40-26-16-14-25(38-6)15-17-26)28(39-7)20-24(27)18-19-35(30)32(37)41-33(3,4)5/h10-17,20-21,30H,8-9,18-19H2,1-7H3. The monoisotopic (exact) mass is 560 g/mol. The van der Waals surface area contributed by atoms with Gasteiger partial charge < -0.3 is 23.8 Å².